The van der Waals surface area contributed by atoms with Crippen LogP contribution in [0.5, 0.6) is 0 Å². The molecule has 21 heavy (non-hydrogen) atoms. The molecule has 0 saturated carbocycles. The molecule has 1 aromatic carbocycles. The van der Waals surface area contributed by atoms with Gasteiger partial charge in [-0.25, -0.2) is 0 Å². The maximum atomic E-state index is 5.47. The Hall–Kier alpha value is -0.900. The van der Waals surface area contributed by atoms with Gasteiger partial charge in [0.15, 0.2) is 0 Å². The molecule has 0 heterocycles. The van der Waals surface area contributed by atoms with Gasteiger partial charge in [0.1, 0.15) is 0 Å². The van der Waals surface area contributed by atoms with Crippen LogP contribution in [-0.4, -0.2) is 43.8 Å². The fourth-order valence-electron chi connectivity index (χ4n) is 2.38. The first-order chi connectivity index (χ1) is 10.2. The van der Waals surface area contributed by atoms with Crippen LogP contribution in [0.1, 0.15) is 38.8 Å². The van der Waals surface area contributed by atoms with E-state index in [4.69, 9.17) is 4.74 Å². The summed E-state index contributed by atoms with van der Waals surface area (Å²) in [6.07, 6.45) is 1.09. The first-order valence-electron chi connectivity index (χ1n) is 8.27. The van der Waals surface area contributed by atoms with Gasteiger partial charge in [0.05, 0.1) is 6.61 Å². The van der Waals surface area contributed by atoms with Crippen molar-refractivity contribution >= 4 is 0 Å². The van der Waals surface area contributed by atoms with Gasteiger partial charge in [-0.1, -0.05) is 45.0 Å². The molecule has 0 aliphatic heterocycles. The zero-order valence-corrected chi connectivity index (χ0v) is 14.2. The molecule has 0 unspecified atom stereocenters. The molecule has 0 spiro atoms. The summed E-state index contributed by atoms with van der Waals surface area (Å²) in [6, 6.07) is 9.35. The van der Waals surface area contributed by atoms with Crippen molar-refractivity contribution < 1.29 is 4.74 Å². The van der Waals surface area contributed by atoms with Crippen LogP contribution >= 0.6 is 0 Å². The second-order valence-electron chi connectivity index (χ2n) is 5.69. The zero-order chi connectivity index (χ0) is 15.5. The summed E-state index contributed by atoms with van der Waals surface area (Å²) in [5.41, 5.74) is 2.90. The molecule has 0 amide bonds. The molecule has 1 rings (SSSR count). The topological polar surface area (TPSA) is 24.5 Å². The minimum absolute atomic E-state index is 0.551. The Balaban J connectivity index is 2.55. The predicted octanol–water partition coefficient (Wildman–Crippen LogP) is 3.09. The quantitative estimate of drug-likeness (QED) is 0.634. The van der Waals surface area contributed by atoms with Crippen LogP contribution in [0.2, 0.25) is 0 Å². The maximum absolute atomic E-state index is 5.47. The van der Waals surface area contributed by atoms with E-state index in [0.29, 0.717) is 6.04 Å². The number of hydrogen-bond donors (Lipinski definition) is 1. The van der Waals surface area contributed by atoms with Crippen LogP contribution < -0.4 is 5.32 Å². The second-order valence-corrected chi connectivity index (χ2v) is 5.69. The highest BCUT2D eigenvalue weighted by Gasteiger charge is 2.07. The first kappa shape index (κ1) is 18.1. The van der Waals surface area contributed by atoms with Crippen LogP contribution in [0.4, 0.5) is 0 Å². The number of benzene rings is 1. The lowest BCUT2D eigenvalue weighted by molar-refractivity contribution is 0.113. The lowest BCUT2D eigenvalue weighted by Crippen LogP contribution is -2.28. The fourth-order valence-corrected chi connectivity index (χ4v) is 2.38. The van der Waals surface area contributed by atoms with Crippen LogP contribution in [0.15, 0.2) is 24.3 Å². The Labute approximate surface area is 130 Å². The summed E-state index contributed by atoms with van der Waals surface area (Å²) in [6.45, 7) is 14.4. The minimum atomic E-state index is 0.551. The third kappa shape index (κ3) is 7.60. The summed E-state index contributed by atoms with van der Waals surface area (Å²) in [5.74, 6) is 0. The molecule has 0 bridgehead atoms. The molecule has 3 nitrogen and oxygen atoms in total. The lowest BCUT2D eigenvalue weighted by atomic mass is 10.0. The summed E-state index contributed by atoms with van der Waals surface area (Å²) >= 11 is 0. The Kier molecular flexibility index (Phi) is 9.31. The van der Waals surface area contributed by atoms with Crippen LogP contribution in [0.25, 0.3) is 0 Å². The van der Waals surface area contributed by atoms with Crippen molar-refractivity contribution in [3.63, 3.8) is 0 Å². The van der Waals surface area contributed by atoms with Crippen molar-refractivity contribution in [3.8, 4) is 0 Å². The first-order valence-corrected chi connectivity index (χ1v) is 8.27. The fraction of sp³-hybridized carbons (Fsp3) is 0.667. The van der Waals surface area contributed by atoms with Crippen LogP contribution in [0, 0.1) is 0 Å². The van der Waals surface area contributed by atoms with Crippen molar-refractivity contribution in [2.45, 2.75) is 46.7 Å². The number of ether oxygens (including phenoxy) is 1. The molecular weight excluding hydrogens is 260 g/mol. The van der Waals surface area contributed by atoms with Gasteiger partial charge in [-0.2, -0.15) is 0 Å². The number of nitrogens with one attached hydrogen (secondary N) is 1. The van der Waals surface area contributed by atoms with Crippen molar-refractivity contribution in [1.29, 1.82) is 0 Å². The minimum Gasteiger partial charge on any atom is -0.380 e. The van der Waals surface area contributed by atoms with E-state index in [-0.39, 0.29) is 0 Å². The molecule has 0 aliphatic carbocycles. The molecule has 1 aromatic rings. The number of nitrogens with zero attached hydrogens (tertiary/aromatic N) is 1. The monoisotopic (exact) mass is 292 g/mol. The van der Waals surface area contributed by atoms with E-state index in [2.05, 4.69) is 55.3 Å². The van der Waals surface area contributed by atoms with Crippen LogP contribution in [0.3, 0.4) is 0 Å². The van der Waals surface area contributed by atoms with Gasteiger partial charge in [-0.15, -0.1) is 0 Å². The molecule has 120 valence electrons. The Morgan fingerprint density at radius 3 is 2.48 bits per heavy atom. The van der Waals surface area contributed by atoms with Crippen LogP contribution in [-0.2, 0) is 17.7 Å². The van der Waals surface area contributed by atoms with E-state index in [0.717, 1.165) is 45.8 Å². The third-order valence-corrected chi connectivity index (χ3v) is 3.66. The predicted molar refractivity (Wildman–Crippen MR) is 90.7 cm³/mol. The average molecular weight is 292 g/mol. The van der Waals surface area contributed by atoms with E-state index < -0.39 is 0 Å². The van der Waals surface area contributed by atoms with Crippen molar-refractivity contribution in [3.05, 3.63) is 35.4 Å². The molecular formula is C18H32N2O. The SMILES string of the molecule is CCOCCN(CC)Cc1ccccc1CCNC(C)C. The van der Waals surface area contributed by atoms with E-state index in [9.17, 15) is 0 Å². The van der Waals surface area contributed by atoms with E-state index in [1.165, 1.54) is 11.1 Å². The maximum Gasteiger partial charge on any atom is 0.0593 e. The lowest BCUT2D eigenvalue weighted by Gasteiger charge is -2.22. The molecule has 1 N–H and O–H groups in total. The highest BCUT2D eigenvalue weighted by Crippen LogP contribution is 2.12. The number of rotatable bonds is 11. The van der Waals surface area contributed by atoms with Gasteiger partial charge in [-0.05, 0) is 37.6 Å². The van der Waals surface area contributed by atoms with Gasteiger partial charge in [0.2, 0.25) is 0 Å². The second kappa shape index (κ2) is 10.8. The van der Waals surface area contributed by atoms with E-state index in [1.54, 1.807) is 0 Å². The number of likely N-dealkylation sites (N-methyl/N-ethyl adjacent to an activating group) is 1. The molecule has 0 radical (unpaired) electrons. The van der Waals surface area contributed by atoms with Gasteiger partial charge in [0.25, 0.3) is 0 Å². The molecule has 0 fully saturated rings. The van der Waals surface area contributed by atoms with Crippen molar-refractivity contribution in [2.75, 3.05) is 32.8 Å². The normalized spacial score (nSPS) is 11.5. The number of hydrogen-bond acceptors (Lipinski definition) is 3. The third-order valence-electron chi connectivity index (χ3n) is 3.66. The Bertz CT molecular complexity index is 379. The van der Waals surface area contributed by atoms with Crippen molar-refractivity contribution in [1.82, 2.24) is 10.2 Å². The van der Waals surface area contributed by atoms with Crippen molar-refractivity contribution in [2.24, 2.45) is 0 Å². The van der Waals surface area contributed by atoms with Gasteiger partial charge >= 0.3 is 0 Å². The van der Waals surface area contributed by atoms with Gasteiger partial charge in [-0.3, -0.25) is 4.90 Å². The Morgan fingerprint density at radius 2 is 1.86 bits per heavy atom. The van der Waals surface area contributed by atoms with Gasteiger partial charge < -0.3 is 10.1 Å². The Morgan fingerprint density at radius 1 is 1.14 bits per heavy atom. The summed E-state index contributed by atoms with van der Waals surface area (Å²) < 4.78 is 5.47. The van der Waals surface area contributed by atoms with E-state index in [1.807, 2.05) is 6.92 Å². The summed E-state index contributed by atoms with van der Waals surface area (Å²) in [4.78, 5) is 2.45. The highest BCUT2D eigenvalue weighted by atomic mass is 16.5. The van der Waals surface area contributed by atoms with Gasteiger partial charge in [0, 0.05) is 25.7 Å². The molecule has 0 saturated heterocycles. The molecule has 0 aromatic heterocycles. The molecule has 0 atom stereocenters. The highest BCUT2D eigenvalue weighted by molar-refractivity contribution is 5.27. The zero-order valence-electron chi connectivity index (χ0n) is 14.2. The standard InChI is InChI=1S/C18H32N2O/c1-5-20(13-14-21-6-2)15-18-10-8-7-9-17(18)11-12-19-16(3)4/h7-10,16,19H,5-6,11-15H2,1-4H3. The molecule has 3 heteroatoms. The van der Waals surface area contributed by atoms with E-state index >= 15 is 0 Å². The largest absolute Gasteiger partial charge is 0.380 e. The summed E-state index contributed by atoms with van der Waals surface area (Å²) in [7, 11) is 0. The summed E-state index contributed by atoms with van der Waals surface area (Å²) in [5, 5.41) is 3.50. The molecule has 0 aliphatic rings. The smallest absolute Gasteiger partial charge is 0.0593 e. The average Bonchev–Trinajstić information content (AvgIpc) is 2.47.